The van der Waals surface area contributed by atoms with Gasteiger partial charge in [0.15, 0.2) is 5.96 Å². The van der Waals surface area contributed by atoms with Crippen molar-refractivity contribution in [2.75, 3.05) is 20.7 Å². The van der Waals surface area contributed by atoms with E-state index in [9.17, 15) is 4.79 Å². The number of carbonyl (C=O) groups is 1. The summed E-state index contributed by atoms with van der Waals surface area (Å²) >= 11 is 0. The van der Waals surface area contributed by atoms with Gasteiger partial charge in [-0.15, -0.1) is 0 Å². The van der Waals surface area contributed by atoms with Crippen LogP contribution in [0.3, 0.4) is 0 Å². The number of hydrogen-bond donors (Lipinski definition) is 3. The maximum Gasteiger partial charge on any atom is 0.408 e. The molecule has 1 aromatic rings. The molecule has 8 nitrogen and oxygen atoms in total. The van der Waals surface area contributed by atoms with Crippen LogP contribution in [0, 0.1) is 0 Å². The number of alkyl carbamates (subject to hydrolysis) is 1. The van der Waals surface area contributed by atoms with E-state index in [1.165, 1.54) is 0 Å². The van der Waals surface area contributed by atoms with Crippen molar-refractivity contribution < 1.29 is 14.3 Å². The monoisotopic (exact) mass is 393 g/mol. The van der Waals surface area contributed by atoms with Crippen LogP contribution in [0.1, 0.15) is 53.0 Å². The highest BCUT2D eigenvalue weighted by Gasteiger charge is 2.30. The third kappa shape index (κ3) is 8.02. The van der Waals surface area contributed by atoms with Gasteiger partial charge in [-0.25, -0.2) is 9.78 Å². The zero-order valence-corrected chi connectivity index (χ0v) is 18.2. The second-order valence-corrected chi connectivity index (χ2v) is 7.60. The van der Waals surface area contributed by atoms with Crippen molar-refractivity contribution in [2.45, 2.75) is 65.1 Å². The first-order chi connectivity index (χ1) is 13.2. The molecular formula is C20H35N5O3. The fourth-order valence-corrected chi connectivity index (χ4v) is 2.54. The lowest BCUT2D eigenvalue weighted by atomic mass is 9.93. The van der Waals surface area contributed by atoms with Crippen LogP contribution in [-0.4, -0.2) is 48.9 Å². The molecule has 0 bridgehead atoms. The van der Waals surface area contributed by atoms with E-state index in [1.54, 1.807) is 20.4 Å². The van der Waals surface area contributed by atoms with Crippen molar-refractivity contribution in [3.05, 3.63) is 23.9 Å². The lowest BCUT2D eigenvalue weighted by molar-refractivity contribution is 0.0448. The highest BCUT2D eigenvalue weighted by Crippen LogP contribution is 2.16. The van der Waals surface area contributed by atoms with Crippen LogP contribution < -0.4 is 20.7 Å². The minimum atomic E-state index is -0.533. The topological polar surface area (TPSA) is 96.9 Å². The van der Waals surface area contributed by atoms with E-state index in [-0.39, 0.29) is 0 Å². The van der Waals surface area contributed by atoms with Gasteiger partial charge in [-0.1, -0.05) is 19.9 Å². The van der Waals surface area contributed by atoms with Gasteiger partial charge in [-0.2, -0.15) is 0 Å². The molecule has 0 fully saturated rings. The van der Waals surface area contributed by atoms with E-state index in [0.717, 1.165) is 18.4 Å². The largest absolute Gasteiger partial charge is 0.481 e. The van der Waals surface area contributed by atoms with Crippen molar-refractivity contribution in [1.29, 1.82) is 0 Å². The van der Waals surface area contributed by atoms with Crippen LogP contribution >= 0.6 is 0 Å². The van der Waals surface area contributed by atoms with Crippen LogP contribution in [0.25, 0.3) is 0 Å². The van der Waals surface area contributed by atoms with E-state index in [4.69, 9.17) is 9.47 Å². The minimum absolute atomic E-state index is 0.412. The van der Waals surface area contributed by atoms with Crippen LogP contribution in [0.15, 0.2) is 23.3 Å². The highest BCUT2D eigenvalue weighted by atomic mass is 16.6. The number of rotatable bonds is 8. The second-order valence-electron chi connectivity index (χ2n) is 7.60. The summed E-state index contributed by atoms with van der Waals surface area (Å²) < 4.78 is 10.5. The molecule has 0 saturated carbocycles. The Labute approximate surface area is 168 Å². The second kappa shape index (κ2) is 10.7. The number of nitrogens with zero attached hydrogens (tertiary/aromatic N) is 2. The number of carbonyl (C=O) groups excluding carboxylic acids is 1. The number of aliphatic imine (C=N–C) groups is 1. The molecule has 0 unspecified atom stereocenters. The summed E-state index contributed by atoms with van der Waals surface area (Å²) in [6, 6.07) is 3.76. The quantitative estimate of drug-likeness (QED) is 0.464. The number of pyridine rings is 1. The molecule has 0 radical (unpaired) electrons. The normalized spacial score (nSPS) is 12.3. The number of amides is 1. The standard InChI is InChI=1S/C20H35N5O3/c1-8-20(9-2,25-18(26)28-19(3,4)5)14-24-17(21-6)23-13-15-10-11-16(27-7)22-12-15/h10-12H,8-9,13-14H2,1-7H3,(H,25,26)(H2,21,23,24). The SMILES string of the molecule is CCC(CC)(CNC(=NC)NCc1ccc(OC)nc1)NC(=O)OC(C)(C)C. The Morgan fingerprint density at radius 1 is 1.18 bits per heavy atom. The molecule has 0 spiro atoms. The molecule has 0 aliphatic rings. The summed E-state index contributed by atoms with van der Waals surface area (Å²) in [5.41, 5.74) is 0.0453. The molecule has 1 heterocycles. The first kappa shape index (κ1) is 23.5. The number of nitrogens with one attached hydrogen (secondary N) is 3. The maximum atomic E-state index is 12.2. The van der Waals surface area contributed by atoms with Gasteiger partial charge in [0.25, 0.3) is 0 Å². The van der Waals surface area contributed by atoms with Crippen LogP contribution in [0.4, 0.5) is 4.79 Å². The molecule has 0 aliphatic carbocycles. The fraction of sp³-hybridized carbons (Fsp3) is 0.650. The lowest BCUT2D eigenvalue weighted by Gasteiger charge is -2.34. The summed E-state index contributed by atoms with van der Waals surface area (Å²) in [6.45, 7) is 10.7. The molecule has 0 saturated heterocycles. The van der Waals surface area contributed by atoms with Gasteiger partial charge in [0.2, 0.25) is 5.88 Å². The third-order valence-electron chi connectivity index (χ3n) is 4.40. The van der Waals surface area contributed by atoms with E-state index in [0.29, 0.717) is 24.9 Å². The average Bonchev–Trinajstić information content (AvgIpc) is 2.66. The van der Waals surface area contributed by atoms with Gasteiger partial charge in [-0.05, 0) is 39.2 Å². The van der Waals surface area contributed by atoms with E-state index < -0.39 is 17.2 Å². The first-order valence-corrected chi connectivity index (χ1v) is 9.61. The van der Waals surface area contributed by atoms with Gasteiger partial charge in [0, 0.05) is 32.4 Å². The smallest absolute Gasteiger partial charge is 0.408 e. The molecule has 158 valence electrons. The van der Waals surface area contributed by atoms with E-state index in [2.05, 4.69) is 25.9 Å². The van der Waals surface area contributed by atoms with Crippen molar-refractivity contribution in [1.82, 2.24) is 20.9 Å². The Hall–Kier alpha value is -2.51. The summed E-state index contributed by atoms with van der Waals surface area (Å²) in [7, 11) is 3.30. The Morgan fingerprint density at radius 2 is 1.86 bits per heavy atom. The van der Waals surface area contributed by atoms with Gasteiger partial charge in [0.1, 0.15) is 5.60 Å². The summed E-state index contributed by atoms with van der Waals surface area (Å²) in [4.78, 5) is 20.7. The van der Waals surface area contributed by atoms with Crippen molar-refractivity contribution in [3.63, 3.8) is 0 Å². The summed E-state index contributed by atoms with van der Waals surface area (Å²) in [5.74, 6) is 1.23. The lowest BCUT2D eigenvalue weighted by Crippen LogP contribution is -2.57. The molecule has 3 N–H and O–H groups in total. The van der Waals surface area contributed by atoms with Gasteiger partial charge < -0.3 is 25.4 Å². The van der Waals surface area contributed by atoms with Crippen LogP contribution in [0.2, 0.25) is 0 Å². The fourth-order valence-electron chi connectivity index (χ4n) is 2.54. The molecule has 1 rings (SSSR count). The predicted molar refractivity (Wildman–Crippen MR) is 112 cm³/mol. The van der Waals surface area contributed by atoms with Gasteiger partial charge in [0.05, 0.1) is 12.6 Å². The molecule has 0 aliphatic heterocycles. The zero-order chi connectivity index (χ0) is 21.2. The molecular weight excluding hydrogens is 358 g/mol. The molecule has 0 aromatic carbocycles. The molecule has 0 atom stereocenters. The first-order valence-electron chi connectivity index (χ1n) is 9.61. The van der Waals surface area contributed by atoms with Crippen molar-refractivity contribution in [3.8, 4) is 5.88 Å². The van der Waals surface area contributed by atoms with E-state index >= 15 is 0 Å². The number of methoxy groups -OCH3 is 1. The third-order valence-corrected chi connectivity index (χ3v) is 4.40. The molecule has 1 aromatic heterocycles. The van der Waals surface area contributed by atoms with Crippen LogP contribution in [0.5, 0.6) is 5.88 Å². The van der Waals surface area contributed by atoms with E-state index in [1.807, 2.05) is 46.8 Å². The Morgan fingerprint density at radius 3 is 2.32 bits per heavy atom. The summed E-state index contributed by atoms with van der Waals surface area (Å²) in [6.07, 6.45) is 2.86. The van der Waals surface area contributed by atoms with Crippen LogP contribution in [-0.2, 0) is 11.3 Å². The van der Waals surface area contributed by atoms with Gasteiger partial charge >= 0.3 is 6.09 Å². The summed E-state index contributed by atoms with van der Waals surface area (Å²) in [5, 5.41) is 9.57. The molecule has 1 amide bonds. The van der Waals surface area contributed by atoms with Crippen molar-refractivity contribution >= 4 is 12.1 Å². The number of ether oxygens (including phenoxy) is 2. The van der Waals surface area contributed by atoms with Crippen molar-refractivity contribution in [2.24, 2.45) is 4.99 Å². The Balaban J connectivity index is 2.64. The number of guanidine groups is 1. The Bertz CT molecular complexity index is 634. The molecule has 8 heteroatoms. The minimum Gasteiger partial charge on any atom is -0.481 e. The maximum absolute atomic E-state index is 12.2. The Kier molecular flexibility index (Phi) is 9.02. The highest BCUT2D eigenvalue weighted by molar-refractivity contribution is 5.79. The zero-order valence-electron chi connectivity index (χ0n) is 18.2. The number of aromatic nitrogens is 1. The predicted octanol–water partition coefficient (Wildman–Crippen LogP) is 2.84. The molecule has 28 heavy (non-hydrogen) atoms. The number of hydrogen-bond acceptors (Lipinski definition) is 5. The average molecular weight is 394 g/mol. The van der Waals surface area contributed by atoms with Gasteiger partial charge in [-0.3, -0.25) is 4.99 Å².